The van der Waals surface area contributed by atoms with Gasteiger partial charge in [-0.2, -0.15) is 0 Å². The topological polar surface area (TPSA) is 66.6 Å². The predicted molar refractivity (Wildman–Crippen MR) is 76.7 cm³/mol. The molecule has 106 valence electrons. The van der Waals surface area contributed by atoms with Crippen LogP contribution in [0.1, 0.15) is 46.9 Å². The van der Waals surface area contributed by atoms with E-state index in [9.17, 15) is 9.59 Å². The fraction of sp³-hybridized carbons (Fsp3) is 0.467. The second-order valence-electron chi connectivity index (χ2n) is 5.36. The minimum Gasteiger partial charge on any atom is -0.366 e. The van der Waals surface area contributed by atoms with Gasteiger partial charge in [0.25, 0.3) is 5.91 Å². The van der Waals surface area contributed by atoms with Crippen molar-refractivity contribution in [1.29, 1.82) is 0 Å². The van der Waals surface area contributed by atoms with Gasteiger partial charge in [-0.15, -0.1) is 0 Å². The second-order valence-corrected chi connectivity index (χ2v) is 5.36. The van der Waals surface area contributed by atoms with Gasteiger partial charge < -0.3 is 15.5 Å². The van der Waals surface area contributed by atoms with Crippen LogP contribution in [-0.4, -0.2) is 36.0 Å². The molecule has 0 saturated carbocycles. The summed E-state index contributed by atoms with van der Waals surface area (Å²) in [6, 6.07) is 5.12. The van der Waals surface area contributed by atoms with Gasteiger partial charge in [-0.25, -0.2) is 0 Å². The van der Waals surface area contributed by atoms with E-state index in [0.29, 0.717) is 11.1 Å². The molecule has 0 spiro atoms. The molecule has 0 aliphatic carbocycles. The van der Waals surface area contributed by atoms with Crippen molar-refractivity contribution in [3.63, 3.8) is 0 Å². The lowest BCUT2D eigenvalue weighted by Crippen LogP contribution is -2.57. The first-order valence-corrected chi connectivity index (χ1v) is 7.15. The maximum Gasteiger partial charge on any atom is 0.257 e. The van der Waals surface area contributed by atoms with Crippen LogP contribution < -0.4 is 10.6 Å². The molecule has 0 aromatic heterocycles. The minimum absolute atomic E-state index is 0.0745. The van der Waals surface area contributed by atoms with Crippen molar-refractivity contribution < 1.29 is 9.59 Å². The van der Waals surface area contributed by atoms with Crippen molar-refractivity contribution in [2.75, 3.05) is 18.0 Å². The molecule has 2 N–H and O–H groups in total. The van der Waals surface area contributed by atoms with Crippen molar-refractivity contribution in [3.05, 3.63) is 29.3 Å². The van der Waals surface area contributed by atoms with E-state index in [-0.39, 0.29) is 12.1 Å². The molecule has 1 aromatic rings. The minimum atomic E-state index is -0.456. The molecule has 2 heterocycles. The fourth-order valence-corrected chi connectivity index (χ4v) is 3.27. The summed E-state index contributed by atoms with van der Waals surface area (Å²) < 4.78 is 0. The molecule has 1 fully saturated rings. The highest BCUT2D eigenvalue weighted by Gasteiger charge is 2.38. The summed E-state index contributed by atoms with van der Waals surface area (Å²) >= 11 is 0. The first-order chi connectivity index (χ1) is 9.63. The van der Waals surface area contributed by atoms with E-state index >= 15 is 0 Å². The van der Waals surface area contributed by atoms with Crippen LogP contribution >= 0.6 is 0 Å². The summed E-state index contributed by atoms with van der Waals surface area (Å²) in [7, 11) is 0. The standard InChI is InChI=1S/C15H19N3O2/c1-2-17-12-9-10(14(16)19)6-7-11(12)15(20)18-8-4-3-5-13(17)18/h6-7,9,13H,2-5,8H2,1H3,(H2,16,19). The number of carbonyl (C=O) groups is 2. The van der Waals surface area contributed by atoms with Crippen molar-refractivity contribution in [1.82, 2.24) is 4.90 Å². The molecular weight excluding hydrogens is 254 g/mol. The number of primary amides is 1. The van der Waals surface area contributed by atoms with Crippen LogP contribution in [0.3, 0.4) is 0 Å². The van der Waals surface area contributed by atoms with Gasteiger partial charge in [-0.05, 0) is 44.4 Å². The van der Waals surface area contributed by atoms with Crippen molar-refractivity contribution in [2.45, 2.75) is 32.4 Å². The van der Waals surface area contributed by atoms with E-state index in [0.717, 1.165) is 38.0 Å². The molecule has 1 aromatic carbocycles. The lowest BCUT2D eigenvalue weighted by atomic mass is 9.97. The number of hydrogen-bond donors (Lipinski definition) is 1. The summed E-state index contributed by atoms with van der Waals surface area (Å²) in [6.07, 6.45) is 3.31. The van der Waals surface area contributed by atoms with Gasteiger partial charge in [0.15, 0.2) is 0 Å². The number of nitrogens with two attached hydrogens (primary N) is 1. The SMILES string of the molecule is CCN1c2cc(C(N)=O)ccc2C(=O)N2CCCCC21. The summed E-state index contributed by atoms with van der Waals surface area (Å²) in [6.45, 7) is 3.70. The Balaban J connectivity index is 2.11. The molecule has 5 nitrogen and oxygen atoms in total. The zero-order valence-corrected chi connectivity index (χ0v) is 11.6. The normalized spacial score (nSPS) is 21.4. The Morgan fingerprint density at radius 3 is 2.90 bits per heavy atom. The van der Waals surface area contributed by atoms with Gasteiger partial charge in [0.05, 0.1) is 11.3 Å². The number of amides is 2. The van der Waals surface area contributed by atoms with Crippen LogP contribution in [0.25, 0.3) is 0 Å². The average Bonchev–Trinajstić information content (AvgIpc) is 2.47. The Morgan fingerprint density at radius 1 is 1.40 bits per heavy atom. The average molecular weight is 273 g/mol. The second kappa shape index (κ2) is 4.81. The summed E-state index contributed by atoms with van der Waals surface area (Å²) in [4.78, 5) is 28.1. The third-order valence-electron chi connectivity index (χ3n) is 4.25. The van der Waals surface area contributed by atoms with Crippen LogP contribution in [0.2, 0.25) is 0 Å². The van der Waals surface area contributed by atoms with Gasteiger partial charge in [0.1, 0.15) is 6.17 Å². The molecule has 2 aliphatic rings. The molecule has 2 aliphatic heterocycles. The number of nitrogens with zero attached hydrogens (tertiary/aromatic N) is 2. The van der Waals surface area contributed by atoms with E-state index in [1.54, 1.807) is 18.2 Å². The third kappa shape index (κ3) is 1.85. The molecule has 5 heteroatoms. The predicted octanol–water partition coefficient (Wildman–Crippen LogP) is 1.58. The summed E-state index contributed by atoms with van der Waals surface area (Å²) in [5.74, 6) is -0.382. The van der Waals surface area contributed by atoms with Crippen LogP contribution in [0, 0.1) is 0 Å². The van der Waals surface area contributed by atoms with Gasteiger partial charge >= 0.3 is 0 Å². The Kier molecular flexibility index (Phi) is 3.12. The number of hydrogen-bond acceptors (Lipinski definition) is 3. The monoisotopic (exact) mass is 273 g/mol. The molecule has 0 bridgehead atoms. The highest BCUT2D eigenvalue weighted by molar-refractivity contribution is 6.04. The molecule has 1 saturated heterocycles. The Labute approximate surface area is 118 Å². The zero-order chi connectivity index (χ0) is 14.3. The van der Waals surface area contributed by atoms with Gasteiger partial charge in [0.2, 0.25) is 5.91 Å². The number of piperidine rings is 1. The number of carbonyl (C=O) groups excluding carboxylic acids is 2. The third-order valence-corrected chi connectivity index (χ3v) is 4.25. The molecule has 1 atom stereocenters. The Bertz CT molecular complexity index is 570. The van der Waals surface area contributed by atoms with E-state index in [1.807, 2.05) is 4.90 Å². The first-order valence-electron chi connectivity index (χ1n) is 7.15. The maximum absolute atomic E-state index is 12.6. The highest BCUT2D eigenvalue weighted by atomic mass is 16.2. The molecule has 2 amide bonds. The molecule has 0 radical (unpaired) electrons. The van der Waals surface area contributed by atoms with Gasteiger partial charge in [-0.1, -0.05) is 0 Å². The number of rotatable bonds is 2. The summed E-state index contributed by atoms with van der Waals surface area (Å²) in [5, 5.41) is 0. The largest absolute Gasteiger partial charge is 0.366 e. The molecular formula is C15H19N3O2. The smallest absolute Gasteiger partial charge is 0.257 e. The zero-order valence-electron chi connectivity index (χ0n) is 11.6. The highest BCUT2D eigenvalue weighted by Crippen LogP contribution is 2.35. The summed E-state index contributed by atoms with van der Waals surface area (Å²) in [5.41, 5.74) is 7.33. The van der Waals surface area contributed by atoms with Gasteiger partial charge in [-0.3, -0.25) is 9.59 Å². The fourth-order valence-electron chi connectivity index (χ4n) is 3.27. The van der Waals surface area contributed by atoms with Gasteiger partial charge in [0, 0.05) is 18.7 Å². The quantitative estimate of drug-likeness (QED) is 0.889. The van der Waals surface area contributed by atoms with Crippen molar-refractivity contribution >= 4 is 17.5 Å². The Hall–Kier alpha value is -2.04. The number of anilines is 1. The van der Waals surface area contributed by atoms with Crippen LogP contribution in [-0.2, 0) is 0 Å². The molecule has 20 heavy (non-hydrogen) atoms. The van der Waals surface area contributed by atoms with E-state index in [4.69, 9.17) is 5.73 Å². The van der Waals surface area contributed by atoms with E-state index in [1.165, 1.54) is 0 Å². The lowest BCUT2D eigenvalue weighted by Gasteiger charge is -2.47. The molecule has 1 unspecified atom stereocenters. The molecule has 3 rings (SSSR count). The van der Waals surface area contributed by atoms with Crippen LogP contribution in [0.4, 0.5) is 5.69 Å². The Morgan fingerprint density at radius 2 is 2.20 bits per heavy atom. The van der Waals surface area contributed by atoms with Crippen LogP contribution in [0.15, 0.2) is 18.2 Å². The number of fused-ring (bicyclic) bond motifs is 2. The van der Waals surface area contributed by atoms with Crippen molar-refractivity contribution in [3.8, 4) is 0 Å². The lowest BCUT2D eigenvalue weighted by molar-refractivity contribution is 0.0582. The maximum atomic E-state index is 12.6. The van der Waals surface area contributed by atoms with Crippen LogP contribution in [0.5, 0.6) is 0 Å². The van der Waals surface area contributed by atoms with Crippen molar-refractivity contribution in [2.24, 2.45) is 5.73 Å². The first kappa shape index (κ1) is 13.0. The number of benzene rings is 1. The van der Waals surface area contributed by atoms with E-state index in [2.05, 4.69) is 11.8 Å². The van der Waals surface area contributed by atoms with E-state index < -0.39 is 5.91 Å².